The van der Waals surface area contributed by atoms with Crippen LogP contribution in [0.2, 0.25) is 0 Å². The molecule has 1 saturated heterocycles. The summed E-state index contributed by atoms with van der Waals surface area (Å²) in [5.74, 6) is 0.884. The minimum atomic E-state index is 0.0202. The Kier molecular flexibility index (Phi) is 4.18. The lowest BCUT2D eigenvalue weighted by Crippen LogP contribution is -2.38. The Morgan fingerprint density at radius 3 is 2.86 bits per heavy atom. The van der Waals surface area contributed by atoms with E-state index in [4.69, 9.17) is 10.00 Å². The Morgan fingerprint density at radius 2 is 2.14 bits per heavy atom. The minimum Gasteiger partial charge on any atom is -0.370 e. The van der Waals surface area contributed by atoms with Crippen LogP contribution in [-0.2, 0) is 4.74 Å². The average molecular weight is 344 g/mol. The van der Waals surface area contributed by atoms with Crippen molar-refractivity contribution in [1.82, 2.24) is 4.98 Å². The average Bonchev–Trinajstić information content (AvgIpc) is 2.55. The van der Waals surface area contributed by atoms with E-state index in [2.05, 4.69) is 37.9 Å². The van der Waals surface area contributed by atoms with Gasteiger partial charge in [0.1, 0.15) is 18.0 Å². The van der Waals surface area contributed by atoms with E-state index in [0.29, 0.717) is 12.2 Å². The molecule has 4 nitrogen and oxygen atoms in total. The second-order valence-corrected chi connectivity index (χ2v) is 5.70. The molecule has 0 unspecified atom stereocenters. The number of nitrogens with zero attached hydrogens (tertiary/aromatic N) is 3. The smallest absolute Gasteiger partial charge is 0.128 e. The molecule has 1 atom stereocenters. The normalized spacial score (nSPS) is 18.3. The number of nitriles is 1. The highest BCUT2D eigenvalue weighted by Crippen LogP contribution is 2.30. The first-order chi connectivity index (χ1) is 10.3. The summed E-state index contributed by atoms with van der Waals surface area (Å²) >= 11 is 3.58. The first kappa shape index (κ1) is 14.1. The van der Waals surface area contributed by atoms with Crippen molar-refractivity contribution in [2.75, 3.05) is 24.6 Å². The predicted octanol–water partition coefficient (Wildman–Crippen LogP) is 3.29. The van der Waals surface area contributed by atoms with Gasteiger partial charge in [-0.3, -0.25) is 0 Å². The summed E-state index contributed by atoms with van der Waals surface area (Å²) in [7, 11) is 0. The number of morpholine rings is 1. The highest BCUT2D eigenvalue weighted by Gasteiger charge is 2.24. The molecule has 0 amide bonds. The summed E-state index contributed by atoms with van der Waals surface area (Å²) in [5.41, 5.74) is 1.73. The number of aromatic nitrogens is 1. The van der Waals surface area contributed by atoms with Crippen LogP contribution in [-0.4, -0.2) is 24.7 Å². The third kappa shape index (κ3) is 3.07. The Bertz CT molecular complexity index is 666. The first-order valence-corrected chi connectivity index (χ1v) is 7.54. The second-order valence-electron chi connectivity index (χ2n) is 4.84. The maximum atomic E-state index is 8.83. The van der Waals surface area contributed by atoms with Crippen molar-refractivity contribution in [3.63, 3.8) is 0 Å². The largest absolute Gasteiger partial charge is 0.370 e. The van der Waals surface area contributed by atoms with E-state index < -0.39 is 0 Å². The molecule has 2 aromatic rings. The van der Waals surface area contributed by atoms with Crippen LogP contribution in [0.1, 0.15) is 17.2 Å². The van der Waals surface area contributed by atoms with Crippen molar-refractivity contribution in [2.24, 2.45) is 0 Å². The predicted molar refractivity (Wildman–Crippen MR) is 84.0 cm³/mol. The van der Waals surface area contributed by atoms with Crippen LogP contribution < -0.4 is 4.90 Å². The molecule has 0 bridgehead atoms. The molecule has 1 aliphatic heterocycles. The third-order valence-corrected chi connectivity index (χ3v) is 4.24. The van der Waals surface area contributed by atoms with Gasteiger partial charge in [-0.1, -0.05) is 34.1 Å². The number of hydrogen-bond acceptors (Lipinski definition) is 4. The van der Waals surface area contributed by atoms with Crippen LogP contribution in [0.25, 0.3) is 0 Å². The third-order valence-electron chi connectivity index (χ3n) is 3.52. The Labute approximate surface area is 132 Å². The van der Waals surface area contributed by atoms with Gasteiger partial charge in [0.15, 0.2) is 0 Å². The second kappa shape index (κ2) is 6.25. The molecule has 0 N–H and O–H groups in total. The molecule has 1 aromatic heterocycles. The first-order valence-electron chi connectivity index (χ1n) is 6.75. The Balaban J connectivity index is 1.79. The van der Waals surface area contributed by atoms with E-state index >= 15 is 0 Å². The molecule has 2 heterocycles. The van der Waals surface area contributed by atoms with Gasteiger partial charge in [-0.15, -0.1) is 0 Å². The monoisotopic (exact) mass is 343 g/mol. The molecule has 106 valence electrons. The number of ether oxygens (including phenoxy) is 1. The SMILES string of the molecule is N#Cc1ccc(N2CCO[C@H](c3ccccc3Br)C2)nc1. The van der Waals surface area contributed by atoms with Crippen LogP contribution in [0.15, 0.2) is 47.1 Å². The van der Waals surface area contributed by atoms with Crippen LogP contribution in [0.5, 0.6) is 0 Å². The number of hydrogen-bond donors (Lipinski definition) is 0. The highest BCUT2D eigenvalue weighted by molar-refractivity contribution is 9.10. The molecular formula is C16H14BrN3O. The van der Waals surface area contributed by atoms with Gasteiger partial charge in [0, 0.05) is 23.8 Å². The van der Waals surface area contributed by atoms with Crippen LogP contribution >= 0.6 is 15.9 Å². The molecule has 1 aliphatic rings. The summed E-state index contributed by atoms with van der Waals surface area (Å²) < 4.78 is 6.95. The molecule has 0 radical (unpaired) electrons. The minimum absolute atomic E-state index is 0.0202. The number of halogens is 1. The summed E-state index contributed by atoms with van der Waals surface area (Å²) in [4.78, 5) is 6.55. The maximum Gasteiger partial charge on any atom is 0.128 e. The van der Waals surface area contributed by atoms with Crippen molar-refractivity contribution in [1.29, 1.82) is 5.26 Å². The molecule has 21 heavy (non-hydrogen) atoms. The van der Waals surface area contributed by atoms with Crippen molar-refractivity contribution in [3.8, 4) is 6.07 Å². The molecule has 0 aliphatic carbocycles. The zero-order valence-corrected chi connectivity index (χ0v) is 13.0. The van der Waals surface area contributed by atoms with E-state index in [9.17, 15) is 0 Å². The fraction of sp³-hybridized carbons (Fsp3) is 0.250. The van der Waals surface area contributed by atoms with Crippen LogP contribution in [0.4, 0.5) is 5.82 Å². The maximum absolute atomic E-state index is 8.83. The fourth-order valence-electron chi connectivity index (χ4n) is 2.42. The van der Waals surface area contributed by atoms with Crippen molar-refractivity contribution >= 4 is 21.7 Å². The number of pyridine rings is 1. The van der Waals surface area contributed by atoms with Crippen LogP contribution in [0.3, 0.4) is 0 Å². The van der Waals surface area contributed by atoms with Gasteiger partial charge >= 0.3 is 0 Å². The Hall–Kier alpha value is -1.90. The number of anilines is 1. The van der Waals surface area contributed by atoms with E-state index in [1.165, 1.54) is 0 Å². The van der Waals surface area contributed by atoms with E-state index in [-0.39, 0.29) is 6.10 Å². The van der Waals surface area contributed by atoms with Gasteiger partial charge in [-0.05, 0) is 23.8 Å². The zero-order chi connectivity index (χ0) is 14.7. The van der Waals surface area contributed by atoms with Crippen LogP contribution in [0, 0.1) is 11.3 Å². The van der Waals surface area contributed by atoms with Gasteiger partial charge in [0.2, 0.25) is 0 Å². The summed E-state index contributed by atoms with van der Waals surface area (Å²) in [6.45, 7) is 2.22. The zero-order valence-electron chi connectivity index (χ0n) is 11.4. The number of rotatable bonds is 2. The van der Waals surface area contributed by atoms with Gasteiger partial charge in [-0.25, -0.2) is 4.98 Å². The van der Waals surface area contributed by atoms with E-state index in [1.54, 1.807) is 12.3 Å². The summed E-state index contributed by atoms with van der Waals surface area (Å²) in [6.07, 6.45) is 1.63. The number of benzene rings is 1. The van der Waals surface area contributed by atoms with Gasteiger partial charge < -0.3 is 9.64 Å². The molecule has 0 spiro atoms. The van der Waals surface area contributed by atoms with Gasteiger partial charge in [0.25, 0.3) is 0 Å². The molecule has 1 fully saturated rings. The molecule has 1 aromatic carbocycles. The van der Waals surface area contributed by atoms with E-state index in [1.807, 2.05) is 24.3 Å². The fourth-order valence-corrected chi connectivity index (χ4v) is 2.96. The van der Waals surface area contributed by atoms with Gasteiger partial charge in [-0.2, -0.15) is 5.26 Å². The van der Waals surface area contributed by atoms with Crippen molar-refractivity contribution < 1.29 is 4.74 Å². The topological polar surface area (TPSA) is 49.2 Å². The van der Waals surface area contributed by atoms with Crippen molar-refractivity contribution in [3.05, 3.63) is 58.2 Å². The highest BCUT2D eigenvalue weighted by atomic mass is 79.9. The summed E-state index contributed by atoms with van der Waals surface area (Å²) in [6, 6.07) is 13.9. The Morgan fingerprint density at radius 1 is 1.29 bits per heavy atom. The van der Waals surface area contributed by atoms with E-state index in [0.717, 1.165) is 28.9 Å². The lowest BCUT2D eigenvalue weighted by molar-refractivity contribution is 0.0391. The standard InChI is InChI=1S/C16H14BrN3O/c17-14-4-2-1-3-13(14)15-11-20(7-8-21-15)16-6-5-12(9-18)10-19-16/h1-6,10,15H,7-8,11H2/t15-/m0/s1. The molecular weight excluding hydrogens is 330 g/mol. The molecule has 0 saturated carbocycles. The van der Waals surface area contributed by atoms with Gasteiger partial charge in [0.05, 0.1) is 12.2 Å². The quantitative estimate of drug-likeness (QED) is 0.839. The van der Waals surface area contributed by atoms with Crippen molar-refractivity contribution in [2.45, 2.75) is 6.10 Å². The summed E-state index contributed by atoms with van der Waals surface area (Å²) in [5, 5.41) is 8.83. The lowest BCUT2D eigenvalue weighted by Gasteiger charge is -2.34. The molecule has 5 heteroatoms. The lowest BCUT2D eigenvalue weighted by atomic mass is 10.1. The molecule has 3 rings (SSSR count).